The van der Waals surface area contributed by atoms with E-state index in [9.17, 15) is 9.59 Å². The van der Waals surface area contributed by atoms with Crippen molar-refractivity contribution in [3.05, 3.63) is 34.3 Å². The number of rotatable bonds is 2. The molecule has 4 heteroatoms. The number of imide groups is 1. The van der Waals surface area contributed by atoms with Gasteiger partial charge in [0.25, 0.3) is 0 Å². The second kappa shape index (κ2) is 5.68. The van der Waals surface area contributed by atoms with Gasteiger partial charge in [-0.3, -0.25) is 14.5 Å². The van der Waals surface area contributed by atoms with E-state index in [4.69, 9.17) is 0 Å². The molecule has 0 N–H and O–H groups in total. The van der Waals surface area contributed by atoms with Crippen molar-refractivity contribution in [2.75, 3.05) is 0 Å². The van der Waals surface area contributed by atoms with Crippen molar-refractivity contribution < 1.29 is 9.59 Å². The lowest BCUT2D eigenvalue weighted by atomic mass is 9.93. The minimum absolute atomic E-state index is 0.00426. The highest BCUT2D eigenvalue weighted by molar-refractivity contribution is 9.10. The third-order valence-electron chi connectivity index (χ3n) is 3.57. The molecule has 0 bridgehead atoms. The molecular weight excluding hydrogens is 318 g/mol. The summed E-state index contributed by atoms with van der Waals surface area (Å²) in [6.07, 6.45) is 1.97. The minimum atomic E-state index is -0.516. The van der Waals surface area contributed by atoms with Crippen LogP contribution in [0.15, 0.2) is 28.7 Å². The van der Waals surface area contributed by atoms with Gasteiger partial charge in [-0.25, -0.2) is 0 Å². The predicted molar refractivity (Wildman–Crippen MR) is 82.2 cm³/mol. The molecule has 20 heavy (non-hydrogen) atoms. The van der Waals surface area contributed by atoms with Crippen molar-refractivity contribution >= 4 is 27.7 Å². The average Bonchev–Trinajstić information content (AvgIpc) is 2.71. The zero-order valence-electron chi connectivity index (χ0n) is 12.1. The lowest BCUT2D eigenvalue weighted by Crippen LogP contribution is -2.45. The smallest absolute Gasteiger partial charge is 0.234 e. The molecule has 2 amide bonds. The van der Waals surface area contributed by atoms with Gasteiger partial charge in [0.2, 0.25) is 11.8 Å². The molecule has 0 aliphatic carbocycles. The molecular formula is C16H20BrNO2. The Balaban J connectivity index is 2.16. The molecule has 1 aliphatic heterocycles. The molecule has 0 saturated carbocycles. The summed E-state index contributed by atoms with van der Waals surface area (Å²) in [5.74, 6) is -0.103. The Kier molecular flexibility index (Phi) is 4.33. The van der Waals surface area contributed by atoms with Crippen LogP contribution < -0.4 is 0 Å². The average molecular weight is 338 g/mol. The number of carbonyl (C=O) groups excluding carboxylic acids is 2. The lowest BCUT2D eigenvalue weighted by molar-refractivity contribution is -0.149. The number of carbonyl (C=O) groups is 2. The highest BCUT2D eigenvalue weighted by Gasteiger charge is 2.40. The maximum Gasteiger partial charge on any atom is 0.234 e. The van der Waals surface area contributed by atoms with Crippen molar-refractivity contribution in [2.24, 2.45) is 5.41 Å². The molecule has 0 aromatic heterocycles. The fourth-order valence-electron chi connectivity index (χ4n) is 2.47. The van der Waals surface area contributed by atoms with Gasteiger partial charge in [0, 0.05) is 22.4 Å². The Morgan fingerprint density at radius 3 is 2.45 bits per heavy atom. The Morgan fingerprint density at radius 1 is 1.30 bits per heavy atom. The van der Waals surface area contributed by atoms with E-state index in [1.807, 2.05) is 45.0 Å². The van der Waals surface area contributed by atoms with Gasteiger partial charge < -0.3 is 0 Å². The van der Waals surface area contributed by atoms with Gasteiger partial charge in [0.1, 0.15) is 0 Å². The molecule has 1 aromatic carbocycles. The predicted octanol–water partition coefficient (Wildman–Crippen LogP) is 3.56. The molecule has 1 aliphatic rings. The van der Waals surface area contributed by atoms with Gasteiger partial charge in [0.05, 0.1) is 0 Å². The number of nitrogens with zero attached hydrogens (tertiary/aromatic N) is 1. The molecule has 0 spiro atoms. The maximum absolute atomic E-state index is 12.4. The van der Waals surface area contributed by atoms with Crippen LogP contribution in [0.4, 0.5) is 0 Å². The lowest BCUT2D eigenvalue weighted by Gasteiger charge is -2.29. The first-order valence-corrected chi connectivity index (χ1v) is 7.69. The summed E-state index contributed by atoms with van der Waals surface area (Å²) in [6, 6.07) is 8.04. The van der Waals surface area contributed by atoms with Crippen molar-refractivity contribution in [1.29, 1.82) is 0 Å². The highest BCUT2D eigenvalue weighted by Crippen LogP contribution is 2.28. The number of hydrogen-bond donors (Lipinski definition) is 0. The SMILES string of the molecule is CC(C)(C)C(=O)N1C(=O)CC[C@H]1Cc1ccc(Br)cc1. The quantitative estimate of drug-likeness (QED) is 0.827. The van der Waals surface area contributed by atoms with Gasteiger partial charge >= 0.3 is 0 Å². The van der Waals surface area contributed by atoms with E-state index in [0.717, 1.165) is 22.9 Å². The third-order valence-corrected chi connectivity index (χ3v) is 4.10. The molecule has 1 saturated heterocycles. The summed E-state index contributed by atoms with van der Waals surface area (Å²) in [5.41, 5.74) is 0.637. The van der Waals surface area contributed by atoms with Crippen LogP contribution in [-0.2, 0) is 16.0 Å². The first kappa shape index (κ1) is 15.2. The number of hydrogen-bond acceptors (Lipinski definition) is 2. The number of likely N-dealkylation sites (tertiary alicyclic amines) is 1. The highest BCUT2D eigenvalue weighted by atomic mass is 79.9. The molecule has 1 fully saturated rings. The number of amides is 2. The first-order valence-electron chi connectivity index (χ1n) is 6.90. The molecule has 1 atom stereocenters. The Hall–Kier alpha value is -1.16. The van der Waals surface area contributed by atoms with Gasteiger partial charge in [-0.2, -0.15) is 0 Å². The van der Waals surface area contributed by atoms with E-state index < -0.39 is 5.41 Å². The van der Waals surface area contributed by atoms with Crippen LogP contribution in [0, 0.1) is 5.41 Å². The Bertz CT molecular complexity index is 516. The minimum Gasteiger partial charge on any atom is -0.279 e. The largest absolute Gasteiger partial charge is 0.279 e. The van der Waals surface area contributed by atoms with Gasteiger partial charge in [-0.1, -0.05) is 48.8 Å². The van der Waals surface area contributed by atoms with E-state index in [1.165, 1.54) is 4.90 Å². The van der Waals surface area contributed by atoms with Crippen molar-refractivity contribution in [1.82, 2.24) is 4.90 Å². The standard InChI is InChI=1S/C16H20BrNO2/c1-16(2,3)15(20)18-13(8-9-14(18)19)10-11-4-6-12(17)7-5-11/h4-7,13H,8-10H2,1-3H3/t13-/m0/s1. The third kappa shape index (κ3) is 3.29. The summed E-state index contributed by atoms with van der Waals surface area (Å²) in [7, 11) is 0. The van der Waals surface area contributed by atoms with Crippen molar-refractivity contribution in [3.8, 4) is 0 Å². The van der Waals surface area contributed by atoms with E-state index in [0.29, 0.717) is 6.42 Å². The van der Waals surface area contributed by atoms with E-state index in [-0.39, 0.29) is 17.9 Å². The Labute approximate surface area is 128 Å². The number of benzene rings is 1. The van der Waals surface area contributed by atoms with Crippen LogP contribution in [-0.4, -0.2) is 22.8 Å². The monoisotopic (exact) mass is 337 g/mol. The van der Waals surface area contributed by atoms with Crippen LogP contribution in [0.1, 0.15) is 39.2 Å². The molecule has 0 unspecified atom stereocenters. The zero-order chi connectivity index (χ0) is 14.9. The van der Waals surface area contributed by atoms with Gasteiger partial charge in [-0.15, -0.1) is 0 Å². The van der Waals surface area contributed by atoms with Crippen molar-refractivity contribution in [3.63, 3.8) is 0 Å². The first-order chi connectivity index (χ1) is 9.29. The van der Waals surface area contributed by atoms with Crippen LogP contribution in [0.2, 0.25) is 0 Å². The second-order valence-electron chi connectivity index (χ2n) is 6.34. The summed E-state index contributed by atoms with van der Waals surface area (Å²) < 4.78 is 1.03. The summed E-state index contributed by atoms with van der Waals surface area (Å²) >= 11 is 3.41. The molecule has 3 nitrogen and oxygen atoms in total. The van der Waals surface area contributed by atoms with E-state index in [2.05, 4.69) is 15.9 Å². The van der Waals surface area contributed by atoms with Gasteiger partial charge in [0.15, 0.2) is 0 Å². The maximum atomic E-state index is 12.4. The summed E-state index contributed by atoms with van der Waals surface area (Å²) in [6.45, 7) is 5.58. The Morgan fingerprint density at radius 2 is 1.90 bits per heavy atom. The van der Waals surface area contributed by atoms with Crippen LogP contribution >= 0.6 is 15.9 Å². The van der Waals surface area contributed by atoms with E-state index in [1.54, 1.807) is 0 Å². The fraction of sp³-hybridized carbons (Fsp3) is 0.500. The molecule has 108 valence electrons. The fourth-order valence-corrected chi connectivity index (χ4v) is 2.73. The van der Waals surface area contributed by atoms with Crippen LogP contribution in [0.5, 0.6) is 0 Å². The summed E-state index contributed by atoms with van der Waals surface area (Å²) in [5, 5.41) is 0. The topological polar surface area (TPSA) is 37.4 Å². The molecule has 1 aromatic rings. The van der Waals surface area contributed by atoms with Crippen molar-refractivity contribution in [2.45, 2.75) is 46.1 Å². The molecule has 0 radical (unpaired) electrons. The van der Waals surface area contributed by atoms with Gasteiger partial charge in [-0.05, 0) is 30.5 Å². The zero-order valence-corrected chi connectivity index (χ0v) is 13.7. The van der Waals surface area contributed by atoms with Crippen LogP contribution in [0.25, 0.3) is 0 Å². The molecule has 2 rings (SSSR count). The number of halogens is 1. The van der Waals surface area contributed by atoms with E-state index >= 15 is 0 Å². The second-order valence-corrected chi connectivity index (χ2v) is 7.26. The normalized spacial score (nSPS) is 19.5. The summed E-state index contributed by atoms with van der Waals surface area (Å²) in [4.78, 5) is 25.9. The van der Waals surface area contributed by atoms with Crippen LogP contribution in [0.3, 0.4) is 0 Å². The molecule has 1 heterocycles.